The average Bonchev–Trinajstić information content (AvgIpc) is 3.18. The Morgan fingerprint density at radius 3 is 2.11 bits per heavy atom. The first-order valence-corrected chi connectivity index (χ1v) is 13.3. The minimum absolute atomic E-state index is 0.179. The molecule has 0 amide bonds. The van der Waals surface area contributed by atoms with E-state index in [1.807, 2.05) is 0 Å². The van der Waals surface area contributed by atoms with Crippen molar-refractivity contribution in [3.05, 3.63) is 14.7 Å². The maximum atomic E-state index is 11.9. The number of unbranched alkanes of at least 4 members (excludes halogenated alkanes) is 10. The van der Waals surface area contributed by atoms with E-state index >= 15 is 0 Å². The van der Waals surface area contributed by atoms with Crippen molar-refractivity contribution in [2.45, 2.75) is 113 Å². The number of hydrogen-bond donors (Lipinski definition) is 1. The summed E-state index contributed by atoms with van der Waals surface area (Å²) in [5.74, 6) is -0.653. The molecular weight excluding hydrogens is 440 g/mol. The predicted octanol–water partition coefficient (Wildman–Crippen LogP) is 8.42. The Bertz CT molecular complexity index is 587. The molecule has 1 aromatic heterocycles. The van der Waals surface area contributed by atoms with Crippen LogP contribution >= 0.6 is 39.0 Å². The summed E-state index contributed by atoms with van der Waals surface area (Å²) in [6, 6.07) is 0. The van der Waals surface area contributed by atoms with Gasteiger partial charge in [0, 0.05) is 25.0 Å². The fourth-order valence-electron chi connectivity index (χ4n) is 4.29. The minimum atomic E-state index is -0.653. The summed E-state index contributed by atoms with van der Waals surface area (Å²) in [6.45, 7) is 4.43. The van der Waals surface area contributed by atoms with E-state index in [0.29, 0.717) is 0 Å². The third kappa shape index (κ3) is 5.99. The van der Waals surface area contributed by atoms with Crippen molar-refractivity contribution in [2.24, 2.45) is 0 Å². The monoisotopic (exact) mass is 474 g/mol. The number of carboxylic acids is 1. The summed E-state index contributed by atoms with van der Waals surface area (Å²) in [5.41, 5.74) is -0.179. The molecule has 1 aliphatic rings. The van der Waals surface area contributed by atoms with Crippen LogP contribution in [-0.2, 0) is 10.2 Å². The maximum absolute atomic E-state index is 11.9. The molecule has 2 atom stereocenters. The number of rotatable bonds is 14. The molecule has 2 unspecified atom stereocenters. The molecule has 5 heteroatoms. The van der Waals surface area contributed by atoms with Gasteiger partial charge >= 0.3 is 5.97 Å². The highest BCUT2D eigenvalue weighted by Gasteiger charge is 2.51. The Labute approximate surface area is 182 Å². The van der Waals surface area contributed by atoms with Crippen LogP contribution in [0, 0.1) is 0 Å². The molecule has 0 fully saturated rings. The highest BCUT2D eigenvalue weighted by atomic mass is 79.9. The van der Waals surface area contributed by atoms with Gasteiger partial charge in [0.15, 0.2) is 0 Å². The Balaban J connectivity index is 1.74. The third-order valence-electron chi connectivity index (χ3n) is 5.97. The van der Waals surface area contributed by atoms with Crippen LogP contribution in [0.15, 0.2) is 14.7 Å². The van der Waals surface area contributed by atoms with Gasteiger partial charge in [-0.3, -0.25) is 4.79 Å². The first-order valence-electron chi connectivity index (χ1n) is 10.7. The quantitative estimate of drug-likeness (QED) is 0.274. The fourth-order valence-corrected chi connectivity index (χ4v) is 8.22. The molecule has 0 radical (unpaired) electrons. The normalized spacial score (nSPS) is 21.5. The zero-order valence-corrected chi connectivity index (χ0v) is 20.1. The number of fused-ring (bicyclic) bond motifs is 1. The molecule has 0 bridgehead atoms. The van der Waals surface area contributed by atoms with Gasteiger partial charge in [-0.1, -0.05) is 84.5 Å². The summed E-state index contributed by atoms with van der Waals surface area (Å²) in [7, 11) is 0. The van der Waals surface area contributed by atoms with E-state index in [0.717, 1.165) is 23.7 Å². The zero-order valence-electron chi connectivity index (χ0n) is 16.9. The van der Waals surface area contributed by atoms with E-state index in [1.54, 1.807) is 23.1 Å². The van der Waals surface area contributed by atoms with Crippen molar-refractivity contribution in [3.63, 3.8) is 0 Å². The maximum Gasteiger partial charge on any atom is 0.317 e. The molecule has 0 spiro atoms. The van der Waals surface area contributed by atoms with Gasteiger partial charge in [0.1, 0.15) is 5.25 Å². The summed E-state index contributed by atoms with van der Waals surface area (Å²) in [4.78, 5) is 14.4. The number of thiophene rings is 1. The molecule has 154 valence electrons. The van der Waals surface area contributed by atoms with Gasteiger partial charge < -0.3 is 5.11 Å². The van der Waals surface area contributed by atoms with Gasteiger partial charge in [-0.15, -0.1) is 23.1 Å². The molecule has 2 nitrogen and oxygen atoms in total. The predicted molar refractivity (Wildman–Crippen MR) is 122 cm³/mol. The first-order chi connectivity index (χ1) is 13.1. The van der Waals surface area contributed by atoms with Gasteiger partial charge in [-0.25, -0.2) is 0 Å². The van der Waals surface area contributed by atoms with E-state index in [2.05, 4.69) is 35.2 Å². The van der Waals surface area contributed by atoms with E-state index in [4.69, 9.17) is 0 Å². The lowest BCUT2D eigenvalue weighted by Gasteiger charge is -2.32. The Morgan fingerprint density at radius 1 is 1.04 bits per heavy atom. The van der Waals surface area contributed by atoms with E-state index < -0.39 is 5.97 Å². The standard InChI is InChI=1S/C22H35BrO2S2/c1-3-5-6-7-8-9-10-11-12-13-14-15-22(4-2)19-18(17(23)16-26-19)27-20(22)21(24)25/h16,20H,3-15H2,1-2H3,(H,24,25). The average molecular weight is 476 g/mol. The van der Waals surface area contributed by atoms with Crippen LogP contribution < -0.4 is 0 Å². The molecule has 0 aliphatic carbocycles. The lowest BCUT2D eigenvalue weighted by molar-refractivity contribution is -0.137. The summed E-state index contributed by atoms with van der Waals surface area (Å²) >= 11 is 6.91. The third-order valence-corrected chi connectivity index (χ3v) is 10.0. The van der Waals surface area contributed by atoms with Crippen molar-refractivity contribution < 1.29 is 9.90 Å². The van der Waals surface area contributed by atoms with Crippen molar-refractivity contribution in [1.82, 2.24) is 0 Å². The van der Waals surface area contributed by atoms with Crippen LogP contribution in [0.1, 0.15) is 102 Å². The van der Waals surface area contributed by atoms with Crippen molar-refractivity contribution in [3.8, 4) is 0 Å². The number of carbonyl (C=O) groups is 1. The number of thioether (sulfide) groups is 1. The van der Waals surface area contributed by atoms with Crippen molar-refractivity contribution >= 4 is 45.0 Å². The molecule has 1 N–H and O–H groups in total. The number of halogens is 1. The molecule has 1 aliphatic heterocycles. The lowest BCUT2D eigenvalue weighted by atomic mass is 9.75. The number of hydrogen-bond acceptors (Lipinski definition) is 3. The topological polar surface area (TPSA) is 37.3 Å². The van der Waals surface area contributed by atoms with Crippen LogP contribution in [0.2, 0.25) is 0 Å². The molecule has 27 heavy (non-hydrogen) atoms. The minimum Gasteiger partial charge on any atom is -0.480 e. The van der Waals surface area contributed by atoms with Crippen LogP contribution in [0.25, 0.3) is 0 Å². The molecule has 0 aromatic carbocycles. The largest absolute Gasteiger partial charge is 0.480 e. The zero-order chi connectivity index (χ0) is 19.7. The van der Waals surface area contributed by atoms with E-state index in [9.17, 15) is 9.90 Å². The van der Waals surface area contributed by atoms with Crippen molar-refractivity contribution in [1.29, 1.82) is 0 Å². The van der Waals surface area contributed by atoms with Crippen LogP contribution in [0.4, 0.5) is 0 Å². The number of carboxylic acid groups (broad SMARTS) is 1. The smallest absolute Gasteiger partial charge is 0.317 e. The second kappa shape index (κ2) is 11.9. The van der Waals surface area contributed by atoms with Crippen LogP contribution in [0.3, 0.4) is 0 Å². The molecule has 0 saturated carbocycles. The van der Waals surface area contributed by atoms with E-state index in [1.165, 1.54) is 74.0 Å². The van der Waals surface area contributed by atoms with Gasteiger partial charge in [0.05, 0.1) is 0 Å². The molecule has 2 rings (SSSR count). The second-order valence-corrected chi connectivity index (χ2v) is 10.7. The number of aliphatic carboxylic acids is 1. The van der Waals surface area contributed by atoms with Crippen LogP contribution in [-0.4, -0.2) is 16.3 Å². The lowest BCUT2D eigenvalue weighted by Crippen LogP contribution is -2.38. The van der Waals surface area contributed by atoms with Crippen LogP contribution in [0.5, 0.6) is 0 Å². The molecule has 0 saturated heterocycles. The Morgan fingerprint density at radius 2 is 1.59 bits per heavy atom. The molecule has 2 heterocycles. The first kappa shape index (κ1) is 23.3. The summed E-state index contributed by atoms with van der Waals surface area (Å²) < 4.78 is 1.08. The Kier molecular flexibility index (Phi) is 10.2. The SMILES string of the molecule is CCCCCCCCCCCCCC1(CC)c2scc(Br)c2SC1C(=O)O. The highest BCUT2D eigenvalue weighted by molar-refractivity contribution is 9.10. The fraction of sp³-hybridized carbons (Fsp3) is 0.773. The summed E-state index contributed by atoms with van der Waals surface area (Å²) in [6.07, 6.45) is 16.6. The summed E-state index contributed by atoms with van der Waals surface area (Å²) in [5, 5.41) is 11.6. The molecule has 1 aromatic rings. The van der Waals surface area contributed by atoms with E-state index in [-0.39, 0.29) is 10.7 Å². The van der Waals surface area contributed by atoms with Gasteiger partial charge in [-0.2, -0.15) is 0 Å². The van der Waals surface area contributed by atoms with Gasteiger partial charge in [0.2, 0.25) is 0 Å². The van der Waals surface area contributed by atoms with Gasteiger partial charge in [-0.05, 0) is 28.8 Å². The highest BCUT2D eigenvalue weighted by Crippen LogP contribution is 2.58. The van der Waals surface area contributed by atoms with Gasteiger partial charge in [0.25, 0.3) is 0 Å². The Hall–Kier alpha value is -0.000000000000000111. The second-order valence-electron chi connectivity index (χ2n) is 7.87. The van der Waals surface area contributed by atoms with Crippen molar-refractivity contribution in [2.75, 3.05) is 0 Å². The molecular formula is C22H35BrO2S2.